The highest BCUT2D eigenvalue weighted by molar-refractivity contribution is 5.98. The molecule has 0 amide bonds. The number of benzene rings is 1. The van der Waals surface area contributed by atoms with Crippen LogP contribution < -0.4 is 4.90 Å². The Morgan fingerprint density at radius 1 is 1.11 bits per heavy atom. The molecule has 1 aromatic carbocycles. The molecule has 3 heteroatoms. The van der Waals surface area contributed by atoms with Crippen molar-refractivity contribution in [3.8, 4) is 0 Å². The van der Waals surface area contributed by atoms with E-state index in [0.717, 1.165) is 18.7 Å². The minimum absolute atomic E-state index is 0.0424. The van der Waals surface area contributed by atoms with E-state index < -0.39 is 0 Å². The standard InChI is InChI=1S/C16H19N3/c1-3-19(4-2)14-11-9-13(10-12-14)15-7-5-6-8-16(15)18-17/h5-12,15H,3-4H2,1-2H3. The molecule has 1 aliphatic rings. The van der Waals surface area contributed by atoms with Crippen molar-refractivity contribution < 1.29 is 4.79 Å². The summed E-state index contributed by atoms with van der Waals surface area (Å²) in [7, 11) is 0. The first-order valence-corrected chi connectivity index (χ1v) is 6.71. The van der Waals surface area contributed by atoms with Gasteiger partial charge in [0.2, 0.25) is 0 Å². The van der Waals surface area contributed by atoms with Crippen LogP contribution in [-0.4, -0.2) is 23.6 Å². The van der Waals surface area contributed by atoms with Gasteiger partial charge in [-0.2, -0.15) is 4.79 Å². The van der Waals surface area contributed by atoms with E-state index >= 15 is 0 Å². The first kappa shape index (κ1) is 13.3. The fourth-order valence-corrected chi connectivity index (χ4v) is 2.39. The molecule has 0 saturated carbocycles. The monoisotopic (exact) mass is 253 g/mol. The second kappa shape index (κ2) is 6.17. The highest BCUT2D eigenvalue weighted by Crippen LogP contribution is 2.24. The number of hydrogen-bond donors (Lipinski definition) is 0. The number of anilines is 1. The van der Waals surface area contributed by atoms with Gasteiger partial charge in [-0.15, -0.1) is 0 Å². The summed E-state index contributed by atoms with van der Waals surface area (Å²) in [5, 5.41) is 0. The van der Waals surface area contributed by atoms with E-state index in [9.17, 15) is 0 Å². The molecule has 0 radical (unpaired) electrons. The van der Waals surface area contributed by atoms with Gasteiger partial charge in [0.05, 0.1) is 0 Å². The number of nitrogens with zero attached hydrogens (tertiary/aromatic N) is 3. The second-order valence-corrected chi connectivity index (χ2v) is 4.51. The van der Waals surface area contributed by atoms with Gasteiger partial charge in [-0.05, 0) is 31.5 Å². The van der Waals surface area contributed by atoms with Crippen LogP contribution in [0.3, 0.4) is 0 Å². The topological polar surface area (TPSA) is 39.6 Å². The van der Waals surface area contributed by atoms with Crippen molar-refractivity contribution >= 4 is 11.4 Å². The zero-order chi connectivity index (χ0) is 13.7. The second-order valence-electron chi connectivity index (χ2n) is 4.51. The van der Waals surface area contributed by atoms with E-state index in [-0.39, 0.29) is 5.92 Å². The van der Waals surface area contributed by atoms with Gasteiger partial charge in [-0.25, -0.2) is 0 Å². The molecule has 0 spiro atoms. The Balaban J connectivity index is 2.25. The van der Waals surface area contributed by atoms with Crippen LogP contribution in [0.1, 0.15) is 25.3 Å². The minimum Gasteiger partial charge on any atom is -0.372 e. The van der Waals surface area contributed by atoms with Gasteiger partial charge in [0.1, 0.15) is 5.92 Å². The summed E-state index contributed by atoms with van der Waals surface area (Å²) in [4.78, 5) is 5.67. The molecule has 1 unspecified atom stereocenters. The van der Waals surface area contributed by atoms with Crippen LogP contribution in [0.5, 0.6) is 0 Å². The lowest BCUT2D eigenvalue weighted by Gasteiger charge is -2.21. The Labute approximate surface area is 114 Å². The first-order chi connectivity index (χ1) is 9.30. The van der Waals surface area contributed by atoms with Crippen molar-refractivity contribution in [2.45, 2.75) is 19.8 Å². The lowest BCUT2D eigenvalue weighted by atomic mass is 9.91. The van der Waals surface area contributed by atoms with Gasteiger partial charge in [0.25, 0.3) is 0 Å². The molecule has 0 heterocycles. The fraction of sp³-hybridized carbons (Fsp3) is 0.312. The largest absolute Gasteiger partial charge is 0.372 e. The number of rotatable bonds is 4. The van der Waals surface area contributed by atoms with Crippen molar-refractivity contribution in [2.75, 3.05) is 18.0 Å². The maximum absolute atomic E-state index is 9.04. The maximum atomic E-state index is 9.04. The SMILES string of the molecule is CCN(CC)c1ccc(C2C=CC=CC2=[N+]=[N-])cc1. The molecule has 1 aromatic rings. The summed E-state index contributed by atoms with van der Waals surface area (Å²) in [5.41, 5.74) is 12.1. The first-order valence-electron chi connectivity index (χ1n) is 6.71. The predicted octanol–water partition coefficient (Wildman–Crippen LogP) is 3.41. The van der Waals surface area contributed by atoms with E-state index in [0.29, 0.717) is 5.71 Å². The highest BCUT2D eigenvalue weighted by Gasteiger charge is 2.22. The molecule has 1 atom stereocenters. The summed E-state index contributed by atoms with van der Waals surface area (Å²) >= 11 is 0. The van der Waals surface area contributed by atoms with Gasteiger partial charge in [-0.1, -0.05) is 30.4 Å². The molecule has 19 heavy (non-hydrogen) atoms. The van der Waals surface area contributed by atoms with Crippen LogP contribution >= 0.6 is 0 Å². The molecule has 0 aromatic heterocycles. The normalized spacial score (nSPS) is 17.4. The van der Waals surface area contributed by atoms with Crippen molar-refractivity contribution in [1.82, 2.24) is 0 Å². The van der Waals surface area contributed by atoms with E-state index in [1.807, 2.05) is 24.3 Å². The van der Waals surface area contributed by atoms with Gasteiger partial charge >= 0.3 is 5.71 Å². The summed E-state index contributed by atoms with van der Waals surface area (Å²) < 4.78 is 0. The molecule has 0 saturated heterocycles. The van der Waals surface area contributed by atoms with Crippen LogP contribution in [0.2, 0.25) is 0 Å². The molecule has 3 nitrogen and oxygen atoms in total. The molecule has 0 fully saturated rings. The fourth-order valence-electron chi connectivity index (χ4n) is 2.39. The smallest absolute Gasteiger partial charge is 0.303 e. The minimum atomic E-state index is 0.0424. The average molecular weight is 253 g/mol. The third-order valence-electron chi connectivity index (χ3n) is 3.50. The van der Waals surface area contributed by atoms with Crippen LogP contribution in [0, 0.1) is 0 Å². The maximum Gasteiger partial charge on any atom is 0.303 e. The van der Waals surface area contributed by atoms with Crippen LogP contribution in [0.15, 0.2) is 48.6 Å². The Bertz CT molecular complexity index is 530. The number of allylic oxidation sites excluding steroid dienone is 4. The molecule has 98 valence electrons. The quantitative estimate of drug-likeness (QED) is 0.598. The Morgan fingerprint density at radius 2 is 1.79 bits per heavy atom. The number of hydrogen-bond acceptors (Lipinski definition) is 1. The van der Waals surface area contributed by atoms with E-state index in [4.69, 9.17) is 5.53 Å². The van der Waals surface area contributed by atoms with Crippen molar-refractivity contribution in [1.29, 1.82) is 0 Å². The van der Waals surface area contributed by atoms with Crippen LogP contribution in [0.25, 0.3) is 5.53 Å². The van der Waals surface area contributed by atoms with Gasteiger partial charge in [0, 0.05) is 24.9 Å². The van der Waals surface area contributed by atoms with E-state index in [1.165, 1.54) is 5.69 Å². The summed E-state index contributed by atoms with van der Waals surface area (Å²) in [6.07, 6.45) is 7.75. The van der Waals surface area contributed by atoms with Crippen molar-refractivity contribution in [3.05, 3.63) is 59.7 Å². The lowest BCUT2D eigenvalue weighted by Crippen LogP contribution is -2.21. The van der Waals surface area contributed by atoms with Crippen LogP contribution in [-0.2, 0) is 0 Å². The van der Waals surface area contributed by atoms with E-state index in [2.05, 4.69) is 47.8 Å². The molecule has 1 aliphatic carbocycles. The summed E-state index contributed by atoms with van der Waals surface area (Å²) in [5.74, 6) is 0.0424. The molecule has 2 rings (SSSR count). The molecule has 0 aliphatic heterocycles. The molecular weight excluding hydrogens is 234 g/mol. The van der Waals surface area contributed by atoms with Gasteiger partial charge < -0.3 is 10.4 Å². The summed E-state index contributed by atoms with van der Waals surface area (Å²) in [6, 6.07) is 8.47. The van der Waals surface area contributed by atoms with Gasteiger partial charge in [0.15, 0.2) is 0 Å². The van der Waals surface area contributed by atoms with Gasteiger partial charge in [-0.3, -0.25) is 0 Å². The van der Waals surface area contributed by atoms with Crippen LogP contribution in [0.4, 0.5) is 5.69 Å². The Hall–Kier alpha value is -2.12. The zero-order valence-corrected chi connectivity index (χ0v) is 11.5. The average Bonchev–Trinajstić information content (AvgIpc) is 2.49. The van der Waals surface area contributed by atoms with E-state index in [1.54, 1.807) is 0 Å². The predicted molar refractivity (Wildman–Crippen MR) is 79.7 cm³/mol. The van der Waals surface area contributed by atoms with Crippen molar-refractivity contribution in [3.63, 3.8) is 0 Å². The Kier molecular flexibility index (Phi) is 4.32. The molecule has 0 bridgehead atoms. The lowest BCUT2D eigenvalue weighted by molar-refractivity contribution is -0.00684. The summed E-state index contributed by atoms with van der Waals surface area (Å²) in [6.45, 7) is 6.32. The molecular formula is C16H19N3. The molecule has 0 N–H and O–H groups in total. The third-order valence-corrected chi connectivity index (χ3v) is 3.50. The Morgan fingerprint density at radius 3 is 2.37 bits per heavy atom. The third kappa shape index (κ3) is 2.83. The van der Waals surface area contributed by atoms with Crippen molar-refractivity contribution in [2.24, 2.45) is 0 Å². The highest BCUT2D eigenvalue weighted by atomic mass is 15.1. The zero-order valence-electron chi connectivity index (χ0n) is 11.5.